The van der Waals surface area contributed by atoms with Crippen molar-refractivity contribution in [3.05, 3.63) is 41.2 Å². The van der Waals surface area contributed by atoms with E-state index in [-0.39, 0.29) is 18.5 Å². The number of amides is 4. The van der Waals surface area contributed by atoms with Gasteiger partial charge in [0.05, 0.1) is 19.3 Å². The number of hydrogen-bond acceptors (Lipinski definition) is 6. The number of aromatic nitrogens is 3. The number of fused-ring (bicyclic) bond motifs is 1. The van der Waals surface area contributed by atoms with Crippen molar-refractivity contribution in [1.29, 1.82) is 0 Å². The Morgan fingerprint density at radius 1 is 1.39 bits per heavy atom. The standard InChI is InChI=1S/C18H22N6O4/c1-11(2)24-9-16(21-22-24)15(20-18(27)19-10-25)8-23-7-12-4-5-13(28-3)6-14(12)17(23)26/h4-6,9-11,15H,7-8H2,1-3H3,(H2,19,20,25,27)/t15-/m0/s1. The average Bonchev–Trinajstić information content (AvgIpc) is 3.27. The summed E-state index contributed by atoms with van der Waals surface area (Å²) < 4.78 is 6.85. The lowest BCUT2D eigenvalue weighted by molar-refractivity contribution is -0.108. The average molecular weight is 386 g/mol. The van der Waals surface area contributed by atoms with Crippen LogP contribution in [0.25, 0.3) is 0 Å². The number of nitrogens with one attached hydrogen (secondary N) is 2. The predicted octanol–water partition coefficient (Wildman–Crippen LogP) is 1.02. The summed E-state index contributed by atoms with van der Waals surface area (Å²) in [5.41, 5.74) is 1.95. The Kier molecular flexibility index (Phi) is 5.57. The summed E-state index contributed by atoms with van der Waals surface area (Å²) in [7, 11) is 1.54. The van der Waals surface area contributed by atoms with Crippen LogP contribution in [-0.2, 0) is 11.3 Å². The van der Waals surface area contributed by atoms with Crippen molar-refractivity contribution in [2.24, 2.45) is 0 Å². The number of carbonyl (C=O) groups excluding carboxylic acids is 3. The highest BCUT2D eigenvalue weighted by atomic mass is 16.5. The molecule has 2 aromatic rings. The number of nitrogens with zero attached hydrogens (tertiary/aromatic N) is 4. The molecule has 0 fully saturated rings. The summed E-state index contributed by atoms with van der Waals surface area (Å²) in [5.74, 6) is 0.446. The van der Waals surface area contributed by atoms with Gasteiger partial charge in [0.1, 0.15) is 11.4 Å². The van der Waals surface area contributed by atoms with Crippen LogP contribution < -0.4 is 15.4 Å². The SMILES string of the molecule is COc1ccc2c(c1)C(=O)N(C[C@H](NC(=O)NC=O)c1cn(C(C)C)nn1)C2. The molecule has 3 rings (SSSR count). The molecule has 0 aliphatic carbocycles. The molecule has 1 aliphatic heterocycles. The fraction of sp³-hybridized carbons (Fsp3) is 0.389. The van der Waals surface area contributed by atoms with E-state index in [9.17, 15) is 14.4 Å². The van der Waals surface area contributed by atoms with Crippen molar-refractivity contribution in [2.45, 2.75) is 32.5 Å². The van der Waals surface area contributed by atoms with E-state index >= 15 is 0 Å². The maximum atomic E-state index is 12.8. The molecule has 2 N–H and O–H groups in total. The quantitative estimate of drug-likeness (QED) is 0.686. The van der Waals surface area contributed by atoms with Gasteiger partial charge in [-0.05, 0) is 31.5 Å². The molecule has 28 heavy (non-hydrogen) atoms. The minimum absolute atomic E-state index is 0.0934. The number of hydrogen-bond donors (Lipinski definition) is 2. The molecule has 4 amide bonds. The van der Waals surface area contributed by atoms with E-state index in [1.165, 1.54) is 0 Å². The van der Waals surface area contributed by atoms with Crippen molar-refractivity contribution in [2.75, 3.05) is 13.7 Å². The highest BCUT2D eigenvalue weighted by molar-refractivity contribution is 5.98. The van der Waals surface area contributed by atoms with E-state index in [0.29, 0.717) is 30.0 Å². The first kappa shape index (κ1) is 19.3. The minimum atomic E-state index is -0.676. The summed E-state index contributed by atoms with van der Waals surface area (Å²) in [6.45, 7) is 4.49. The number of methoxy groups -OCH3 is 1. The van der Waals surface area contributed by atoms with Gasteiger partial charge in [0.2, 0.25) is 6.41 Å². The smallest absolute Gasteiger partial charge is 0.321 e. The third-order valence-electron chi connectivity index (χ3n) is 4.51. The van der Waals surface area contributed by atoms with Gasteiger partial charge in [0.25, 0.3) is 5.91 Å². The van der Waals surface area contributed by atoms with Crippen molar-refractivity contribution < 1.29 is 19.1 Å². The van der Waals surface area contributed by atoms with Crippen LogP contribution in [-0.4, -0.2) is 51.9 Å². The lowest BCUT2D eigenvalue weighted by atomic mass is 10.1. The largest absolute Gasteiger partial charge is 0.497 e. The Labute approximate surface area is 161 Å². The molecule has 0 radical (unpaired) electrons. The Hall–Kier alpha value is -3.43. The number of imide groups is 1. The highest BCUT2D eigenvalue weighted by Gasteiger charge is 2.31. The Morgan fingerprint density at radius 2 is 2.18 bits per heavy atom. The van der Waals surface area contributed by atoms with Crippen molar-refractivity contribution in [1.82, 2.24) is 30.5 Å². The van der Waals surface area contributed by atoms with Crippen LogP contribution in [0.2, 0.25) is 0 Å². The lowest BCUT2D eigenvalue weighted by Crippen LogP contribution is -2.42. The topological polar surface area (TPSA) is 118 Å². The first-order chi connectivity index (χ1) is 13.4. The molecule has 148 valence electrons. The van der Waals surface area contributed by atoms with Gasteiger partial charge in [-0.15, -0.1) is 5.10 Å². The second kappa shape index (κ2) is 8.07. The summed E-state index contributed by atoms with van der Waals surface area (Å²) in [6, 6.07) is 4.14. The molecule has 1 aliphatic rings. The Morgan fingerprint density at radius 3 is 2.82 bits per heavy atom. The second-order valence-electron chi connectivity index (χ2n) is 6.71. The van der Waals surface area contributed by atoms with Crippen LogP contribution >= 0.6 is 0 Å². The predicted molar refractivity (Wildman–Crippen MR) is 98.6 cm³/mol. The highest BCUT2D eigenvalue weighted by Crippen LogP contribution is 2.28. The van der Waals surface area contributed by atoms with Crippen LogP contribution in [0.1, 0.15) is 47.5 Å². The van der Waals surface area contributed by atoms with Crippen LogP contribution in [0.5, 0.6) is 5.75 Å². The molecule has 10 nitrogen and oxygen atoms in total. The van der Waals surface area contributed by atoms with E-state index in [1.54, 1.807) is 35.0 Å². The molecule has 0 spiro atoms. The molecule has 1 aromatic heterocycles. The number of ether oxygens (including phenoxy) is 1. The van der Waals surface area contributed by atoms with Crippen molar-refractivity contribution >= 4 is 18.3 Å². The van der Waals surface area contributed by atoms with E-state index in [4.69, 9.17) is 4.74 Å². The summed E-state index contributed by atoms with van der Waals surface area (Å²) in [6.07, 6.45) is 2.01. The Bertz CT molecular complexity index is 894. The molecule has 0 unspecified atom stereocenters. The third-order valence-corrected chi connectivity index (χ3v) is 4.51. The van der Waals surface area contributed by atoms with E-state index in [2.05, 4.69) is 15.6 Å². The summed E-state index contributed by atoms with van der Waals surface area (Å²) in [5, 5.41) is 12.9. The van der Waals surface area contributed by atoms with Crippen LogP contribution in [0, 0.1) is 0 Å². The normalized spacial score (nSPS) is 14.0. The van der Waals surface area contributed by atoms with Crippen LogP contribution in [0.15, 0.2) is 24.4 Å². The van der Waals surface area contributed by atoms with E-state index in [0.717, 1.165) is 5.56 Å². The zero-order valence-corrected chi connectivity index (χ0v) is 15.9. The van der Waals surface area contributed by atoms with Crippen molar-refractivity contribution in [3.8, 4) is 5.75 Å². The fourth-order valence-corrected chi connectivity index (χ4v) is 3.00. The summed E-state index contributed by atoms with van der Waals surface area (Å²) >= 11 is 0. The van der Waals surface area contributed by atoms with Gasteiger partial charge < -0.3 is 15.0 Å². The zero-order valence-electron chi connectivity index (χ0n) is 15.9. The van der Waals surface area contributed by atoms with Gasteiger partial charge in [0.15, 0.2) is 0 Å². The molecule has 0 saturated heterocycles. The second-order valence-corrected chi connectivity index (χ2v) is 6.71. The first-order valence-corrected chi connectivity index (χ1v) is 8.81. The minimum Gasteiger partial charge on any atom is -0.497 e. The molecular weight excluding hydrogens is 364 g/mol. The maximum Gasteiger partial charge on any atom is 0.321 e. The molecular formula is C18H22N6O4. The lowest BCUT2D eigenvalue weighted by Gasteiger charge is -2.23. The molecule has 0 bridgehead atoms. The number of rotatable bonds is 7. The van der Waals surface area contributed by atoms with Gasteiger partial charge in [-0.25, -0.2) is 9.48 Å². The molecule has 10 heteroatoms. The fourth-order valence-electron chi connectivity index (χ4n) is 3.00. The zero-order chi connectivity index (χ0) is 20.3. The van der Waals surface area contributed by atoms with Crippen LogP contribution in [0.4, 0.5) is 4.79 Å². The number of benzene rings is 1. The summed E-state index contributed by atoms with van der Waals surface area (Å²) in [4.78, 5) is 36.9. The first-order valence-electron chi connectivity index (χ1n) is 8.81. The number of carbonyl (C=O) groups is 3. The molecule has 0 saturated carbocycles. The van der Waals surface area contributed by atoms with Crippen molar-refractivity contribution in [3.63, 3.8) is 0 Å². The molecule has 2 heterocycles. The van der Waals surface area contributed by atoms with Gasteiger partial charge in [-0.2, -0.15) is 0 Å². The Balaban J connectivity index is 1.81. The molecule has 1 atom stereocenters. The maximum absolute atomic E-state index is 12.8. The third kappa shape index (κ3) is 3.95. The van der Waals surface area contributed by atoms with Gasteiger partial charge in [0, 0.05) is 24.7 Å². The van der Waals surface area contributed by atoms with Gasteiger partial charge in [-0.1, -0.05) is 11.3 Å². The van der Waals surface area contributed by atoms with Gasteiger partial charge in [-0.3, -0.25) is 14.9 Å². The molecule has 1 aromatic carbocycles. The van der Waals surface area contributed by atoms with E-state index in [1.807, 2.05) is 25.2 Å². The van der Waals surface area contributed by atoms with Gasteiger partial charge >= 0.3 is 6.03 Å². The monoisotopic (exact) mass is 386 g/mol. The number of urea groups is 1. The van der Waals surface area contributed by atoms with E-state index < -0.39 is 12.1 Å². The van der Waals surface area contributed by atoms with Crippen LogP contribution in [0.3, 0.4) is 0 Å².